The van der Waals surface area contributed by atoms with Gasteiger partial charge in [-0.2, -0.15) is 0 Å². The lowest BCUT2D eigenvalue weighted by Gasteiger charge is -2.58. The Kier molecular flexibility index (Phi) is 2.46. The molecule has 0 radical (unpaired) electrons. The van der Waals surface area contributed by atoms with Crippen LogP contribution in [0.25, 0.3) is 0 Å². The zero-order valence-electron chi connectivity index (χ0n) is 10.4. The molecular formula is C13H19NO4. The van der Waals surface area contributed by atoms with E-state index >= 15 is 0 Å². The van der Waals surface area contributed by atoms with Crippen molar-refractivity contribution < 1.29 is 19.4 Å². The van der Waals surface area contributed by atoms with Crippen molar-refractivity contribution in [3.8, 4) is 0 Å². The molecule has 0 aliphatic heterocycles. The predicted molar refractivity (Wildman–Crippen MR) is 62.2 cm³/mol. The molecule has 3 N–H and O–H groups in total. The van der Waals surface area contributed by atoms with Gasteiger partial charge in [0.2, 0.25) is 0 Å². The van der Waals surface area contributed by atoms with Crippen LogP contribution in [-0.2, 0) is 14.3 Å². The molecule has 0 aromatic carbocycles. The second kappa shape index (κ2) is 3.70. The first kappa shape index (κ1) is 12.0. The molecule has 0 aromatic heterocycles. The molecule has 4 bridgehead atoms. The molecule has 0 saturated heterocycles. The van der Waals surface area contributed by atoms with E-state index in [2.05, 4.69) is 0 Å². The van der Waals surface area contributed by atoms with Gasteiger partial charge in [0.25, 0.3) is 5.91 Å². The summed E-state index contributed by atoms with van der Waals surface area (Å²) in [7, 11) is 0. The summed E-state index contributed by atoms with van der Waals surface area (Å²) in [5, 5.41) is 10.5. The monoisotopic (exact) mass is 253 g/mol. The first-order chi connectivity index (χ1) is 8.41. The van der Waals surface area contributed by atoms with Crippen molar-refractivity contribution >= 4 is 11.9 Å². The number of hydrogen-bond acceptors (Lipinski definition) is 4. The summed E-state index contributed by atoms with van der Waals surface area (Å²) in [4.78, 5) is 22.9. The molecule has 4 rings (SSSR count). The van der Waals surface area contributed by atoms with E-state index in [4.69, 9.17) is 10.5 Å². The summed E-state index contributed by atoms with van der Waals surface area (Å²) in [6.45, 7) is -0.353. The largest absolute Gasteiger partial charge is 0.455 e. The van der Waals surface area contributed by atoms with Gasteiger partial charge in [-0.05, 0) is 50.4 Å². The Morgan fingerprint density at radius 3 is 2.33 bits per heavy atom. The molecule has 4 fully saturated rings. The number of aliphatic hydroxyl groups is 1. The Bertz CT molecular complexity index is 392. The van der Waals surface area contributed by atoms with Crippen LogP contribution in [0.5, 0.6) is 0 Å². The number of hydrogen-bond donors (Lipinski definition) is 2. The first-order valence-corrected chi connectivity index (χ1v) is 6.59. The fraction of sp³-hybridized carbons (Fsp3) is 0.846. The normalized spacial score (nSPS) is 44.9. The smallest absolute Gasteiger partial charge is 0.312 e. The lowest BCUT2D eigenvalue weighted by atomic mass is 9.48. The van der Waals surface area contributed by atoms with E-state index in [-0.39, 0.29) is 12.6 Å². The Hall–Kier alpha value is -1.10. The standard InChI is InChI=1S/C13H19NO4/c14-10(15)6-18-11(16)12-2-8-1-9(3-12)5-13(17,4-8)7-12/h8-9,17H,1-7H2,(H2,14,15)/t8-,9-,12?,13?/m1/s1. The maximum atomic E-state index is 12.2. The molecule has 0 heterocycles. The summed E-state index contributed by atoms with van der Waals surface area (Å²) in [6.07, 6.45) is 4.83. The van der Waals surface area contributed by atoms with Gasteiger partial charge in [-0.25, -0.2) is 0 Å². The first-order valence-electron chi connectivity index (χ1n) is 6.59. The molecule has 2 atom stereocenters. The van der Waals surface area contributed by atoms with Crippen LogP contribution in [0.1, 0.15) is 38.5 Å². The van der Waals surface area contributed by atoms with Crippen LogP contribution in [-0.4, -0.2) is 29.2 Å². The van der Waals surface area contributed by atoms with Crippen molar-refractivity contribution in [3.63, 3.8) is 0 Å². The van der Waals surface area contributed by atoms with E-state index in [0.717, 1.165) is 32.1 Å². The lowest BCUT2D eigenvalue weighted by molar-refractivity contribution is -0.196. The minimum Gasteiger partial charge on any atom is -0.455 e. The highest BCUT2D eigenvalue weighted by Gasteiger charge is 2.60. The minimum absolute atomic E-state index is 0.339. The van der Waals surface area contributed by atoms with E-state index in [0.29, 0.717) is 18.3 Å². The minimum atomic E-state index is -0.685. The van der Waals surface area contributed by atoms with Gasteiger partial charge in [0, 0.05) is 0 Å². The van der Waals surface area contributed by atoms with Crippen LogP contribution in [0.15, 0.2) is 0 Å². The second-order valence-corrected chi connectivity index (χ2v) is 6.51. The molecule has 18 heavy (non-hydrogen) atoms. The van der Waals surface area contributed by atoms with Crippen LogP contribution >= 0.6 is 0 Å². The highest BCUT2D eigenvalue weighted by atomic mass is 16.5. The molecule has 4 aliphatic rings. The number of carbonyl (C=O) groups is 2. The van der Waals surface area contributed by atoms with Gasteiger partial charge < -0.3 is 15.6 Å². The zero-order valence-corrected chi connectivity index (χ0v) is 10.4. The van der Waals surface area contributed by atoms with Gasteiger partial charge in [0.15, 0.2) is 6.61 Å². The molecule has 5 heteroatoms. The van der Waals surface area contributed by atoms with Crippen molar-refractivity contribution in [2.75, 3.05) is 6.61 Å². The van der Waals surface area contributed by atoms with Crippen molar-refractivity contribution in [2.45, 2.75) is 44.1 Å². The predicted octanol–water partition coefficient (Wildman–Crippen LogP) is 0.346. The van der Waals surface area contributed by atoms with Crippen molar-refractivity contribution in [1.82, 2.24) is 0 Å². The second-order valence-electron chi connectivity index (χ2n) is 6.51. The van der Waals surface area contributed by atoms with Crippen molar-refractivity contribution in [2.24, 2.45) is 23.0 Å². The molecule has 0 spiro atoms. The Labute approximate surface area is 106 Å². The van der Waals surface area contributed by atoms with Crippen LogP contribution in [0.3, 0.4) is 0 Å². The summed E-state index contributed by atoms with van der Waals surface area (Å²) in [5.74, 6) is -0.115. The third-order valence-electron chi connectivity index (χ3n) is 4.81. The molecule has 4 aliphatic carbocycles. The number of nitrogens with two attached hydrogens (primary N) is 1. The maximum absolute atomic E-state index is 12.2. The summed E-state index contributed by atoms with van der Waals surface area (Å²) in [6, 6.07) is 0. The lowest BCUT2D eigenvalue weighted by Crippen LogP contribution is -2.58. The average molecular weight is 253 g/mol. The zero-order chi connectivity index (χ0) is 13.0. The molecule has 100 valence electrons. The number of amides is 1. The molecule has 5 nitrogen and oxygen atoms in total. The van der Waals surface area contributed by atoms with Crippen LogP contribution < -0.4 is 5.73 Å². The van der Waals surface area contributed by atoms with Crippen molar-refractivity contribution in [3.05, 3.63) is 0 Å². The van der Waals surface area contributed by atoms with Gasteiger partial charge in [0.1, 0.15) is 0 Å². The Balaban J connectivity index is 1.78. The van der Waals surface area contributed by atoms with E-state index in [1.54, 1.807) is 0 Å². The fourth-order valence-corrected chi connectivity index (χ4v) is 4.74. The van der Waals surface area contributed by atoms with E-state index in [1.165, 1.54) is 0 Å². The maximum Gasteiger partial charge on any atom is 0.312 e. The average Bonchev–Trinajstić information content (AvgIpc) is 2.22. The van der Waals surface area contributed by atoms with E-state index in [1.807, 2.05) is 0 Å². The molecular weight excluding hydrogens is 234 g/mol. The van der Waals surface area contributed by atoms with Crippen LogP contribution in [0, 0.1) is 17.3 Å². The van der Waals surface area contributed by atoms with Gasteiger partial charge in [0.05, 0.1) is 11.0 Å². The number of esters is 1. The fourth-order valence-electron chi connectivity index (χ4n) is 4.74. The number of ether oxygens (including phenoxy) is 1. The van der Waals surface area contributed by atoms with Gasteiger partial charge in [-0.3, -0.25) is 9.59 Å². The van der Waals surface area contributed by atoms with E-state index in [9.17, 15) is 14.7 Å². The van der Waals surface area contributed by atoms with Gasteiger partial charge >= 0.3 is 5.97 Å². The summed E-state index contributed by atoms with van der Waals surface area (Å²) in [5.41, 5.74) is 3.75. The van der Waals surface area contributed by atoms with Crippen LogP contribution in [0.4, 0.5) is 0 Å². The van der Waals surface area contributed by atoms with Crippen molar-refractivity contribution in [1.29, 1.82) is 0 Å². The van der Waals surface area contributed by atoms with Crippen LogP contribution in [0.2, 0.25) is 0 Å². The third-order valence-corrected chi connectivity index (χ3v) is 4.81. The highest BCUT2D eigenvalue weighted by Crippen LogP contribution is 2.61. The van der Waals surface area contributed by atoms with Gasteiger partial charge in [-0.1, -0.05) is 0 Å². The SMILES string of the molecule is NC(=O)COC(=O)C12C[C@H]3C[C@@H](CC(O)(C3)C1)C2. The number of primary amides is 1. The molecule has 0 aromatic rings. The van der Waals surface area contributed by atoms with E-state index < -0.39 is 16.9 Å². The molecule has 4 saturated carbocycles. The summed E-state index contributed by atoms with van der Waals surface area (Å²) < 4.78 is 5.01. The number of rotatable bonds is 3. The highest BCUT2D eigenvalue weighted by molar-refractivity contribution is 5.82. The molecule has 0 unspecified atom stereocenters. The topological polar surface area (TPSA) is 89.6 Å². The third kappa shape index (κ3) is 1.81. The number of carbonyl (C=O) groups excluding carboxylic acids is 2. The quantitative estimate of drug-likeness (QED) is 0.710. The summed E-state index contributed by atoms with van der Waals surface area (Å²) >= 11 is 0. The molecule has 1 amide bonds. The Morgan fingerprint density at radius 1 is 1.22 bits per heavy atom. The van der Waals surface area contributed by atoms with Gasteiger partial charge in [-0.15, -0.1) is 0 Å². The Morgan fingerprint density at radius 2 is 1.83 bits per heavy atom.